The van der Waals surface area contributed by atoms with E-state index in [4.69, 9.17) is 4.74 Å². The third-order valence-electron chi connectivity index (χ3n) is 2.15. The van der Waals surface area contributed by atoms with E-state index in [1.54, 1.807) is 6.92 Å². The third kappa shape index (κ3) is 3.73. The first-order valence-electron chi connectivity index (χ1n) is 5.36. The number of ether oxygens (including phenoxy) is 2. The predicted octanol–water partition coefficient (Wildman–Crippen LogP) is 1.13. The van der Waals surface area contributed by atoms with Crippen molar-refractivity contribution in [3.8, 4) is 5.88 Å². The molecule has 0 amide bonds. The Labute approximate surface area is 108 Å². The molecule has 0 atom stereocenters. The van der Waals surface area contributed by atoms with Crippen LogP contribution >= 0.6 is 0 Å². The summed E-state index contributed by atoms with van der Waals surface area (Å²) in [6.07, 6.45) is 0.451. The van der Waals surface area contributed by atoms with Crippen LogP contribution in [0.2, 0.25) is 0 Å². The maximum atomic E-state index is 11.8. The molecule has 0 aliphatic rings. The van der Waals surface area contributed by atoms with Crippen molar-refractivity contribution in [3.05, 3.63) is 27.9 Å². The lowest BCUT2D eigenvalue weighted by atomic mass is 10.1. The van der Waals surface area contributed by atoms with E-state index in [-0.39, 0.29) is 23.7 Å². The van der Waals surface area contributed by atoms with Gasteiger partial charge in [-0.1, -0.05) is 0 Å². The summed E-state index contributed by atoms with van der Waals surface area (Å²) in [5.41, 5.74) is -0.474. The summed E-state index contributed by atoms with van der Waals surface area (Å²) in [6, 6.07) is 1.02. The maximum absolute atomic E-state index is 11.8. The highest BCUT2D eigenvalue weighted by atomic mass is 16.6. The minimum absolute atomic E-state index is 0.0695. The van der Waals surface area contributed by atoms with E-state index in [1.807, 2.05) is 0 Å². The normalized spacial score (nSPS) is 9.79. The molecule has 0 aliphatic carbocycles. The lowest BCUT2D eigenvalue weighted by Gasteiger charge is -2.06. The van der Waals surface area contributed by atoms with Crippen LogP contribution in [-0.2, 0) is 9.53 Å². The van der Waals surface area contributed by atoms with Gasteiger partial charge in [0.25, 0.3) is 5.69 Å². The van der Waals surface area contributed by atoms with Gasteiger partial charge in [-0.25, -0.2) is 4.98 Å². The largest absolute Gasteiger partial charge is 0.480 e. The highest BCUT2D eigenvalue weighted by Crippen LogP contribution is 2.22. The van der Waals surface area contributed by atoms with Crippen LogP contribution < -0.4 is 4.74 Å². The molecule has 0 saturated carbocycles. The molecule has 0 bridgehead atoms. The van der Waals surface area contributed by atoms with E-state index < -0.39 is 23.1 Å². The molecule has 0 aromatic carbocycles. The number of esters is 1. The van der Waals surface area contributed by atoms with E-state index in [9.17, 15) is 19.7 Å². The number of methoxy groups -OCH3 is 1. The Kier molecular flexibility index (Phi) is 4.92. The number of nitro groups is 1. The van der Waals surface area contributed by atoms with Crippen LogP contribution in [0.25, 0.3) is 0 Å². The van der Waals surface area contributed by atoms with Crippen molar-refractivity contribution in [2.45, 2.75) is 13.3 Å². The summed E-state index contributed by atoms with van der Waals surface area (Å²) < 4.78 is 9.47. The number of nitrogens with zero attached hydrogens (tertiary/aromatic N) is 2. The Morgan fingerprint density at radius 1 is 1.47 bits per heavy atom. The monoisotopic (exact) mass is 268 g/mol. The molecule has 0 N–H and O–H groups in total. The second kappa shape index (κ2) is 6.43. The summed E-state index contributed by atoms with van der Waals surface area (Å²) in [4.78, 5) is 36.6. The molecule has 1 heterocycles. The van der Waals surface area contributed by atoms with Gasteiger partial charge in [-0.3, -0.25) is 19.7 Å². The molecule has 19 heavy (non-hydrogen) atoms. The fourth-order valence-corrected chi connectivity index (χ4v) is 1.34. The summed E-state index contributed by atoms with van der Waals surface area (Å²) in [6.45, 7) is 1.76. The first kappa shape index (κ1) is 14.6. The highest BCUT2D eigenvalue weighted by molar-refractivity contribution is 6.07. The summed E-state index contributed by atoms with van der Waals surface area (Å²) in [5, 5.41) is 10.6. The van der Waals surface area contributed by atoms with Gasteiger partial charge in [-0.15, -0.1) is 0 Å². The van der Waals surface area contributed by atoms with E-state index in [2.05, 4.69) is 9.72 Å². The van der Waals surface area contributed by atoms with Crippen molar-refractivity contribution < 1.29 is 24.0 Å². The molecule has 1 aromatic rings. The molecule has 102 valence electrons. The molecule has 0 spiro atoms. The number of pyridine rings is 1. The second-order valence-corrected chi connectivity index (χ2v) is 3.41. The van der Waals surface area contributed by atoms with Crippen molar-refractivity contribution in [1.82, 2.24) is 4.98 Å². The number of hydrogen-bond acceptors (Lipinski definition) is 7. The van der Waals surface area contributed by atoms with E-state index in [0.29, 0.717) is 0 Å². The summed E-state index contributed by atoms with van der Waals surface area (Å²) in [5.74, 6) is -1.42. The van der Waals surface area contributed by atoms with Crippen molar-refractivity contribution in [3.63, 3.8) is 0 Å². The fourth-order valence-electron chi connectivity index (χ4n) is 1.34. The van der Waals surface area contributed by atoms with Gasteiger partial charge < -0.3 is 9.47 Å². The lowest BCUT2D eigenvalue weighted by Crippen LogP contribution is -2.13. The Morgan fingerprint density at radius 2 is 2.16 bits per heavy atom. The van der Waals surface area contributed by atoms with Gasteiger partial charge in [-0.2, -0.15) is 0 Å². The zero-order valence-electron chi connectivity index (χ0n) is 10.4. The van der Waals surface area contributed by atoms with Crippen molar-refractivity contribution >= 4 is 17.4 Å². The quantitative estimate of drug-likeness (QED) is 0.250. The molecule has 0 unspecified atom stereocenters. The average Bonchev–Trinajstić information content (AvgIpc) is 2.37. The molecular formula is C11H12N2O6. The Hall–Kier alpha value is -2.51. The average molecular weight is 268 g/mol. The number of Topliss-reactive ketones (excluding diaryl/α,β-unsaturated/α-hetero) is 1. The number of rotatable bonds is 6. The number of carbonyl (C=O) groups is 2. The van der Waals surface area contributed by atoms with Crippen LogP contribution in [0.3, 0.4) is 0 Å². The van der Waals surface area contributed by atoms with Gasteiger partial charge in [-0.05, 0) is 6.92 Å². The van der Waals surface area contributed by atoms with E-state index >= 15 is 0 Å². The predicted molar refractivity (Wildman–Crippen MR) is 63.0 cm³/mol. The Balaban J connectivity index is 3.02. The second-order valence-electron chi connectivity index (χ2n) is 3.41. The van der Waals surface area contributed by atoms with Crippen LogP contribution in [-0.4, -0.2) is 35.4 Å². The number of hydrogen-bond donors (Lipinski definition) is 0. The SMILES string of the molecule is CCOC(=O)CC(=O)c1cc([N+](=O)[O-])cnc1OC. The summed E-state index contributed by atoms with van der Waals surface area (Å²) in [7, 11) is 1.27. The minimum atomic E-state index is -0.707. The summed E-state index contributed by atoms with van der Waals surface area (Å²) >= 11 is 0. The highest BCUT2D eigenvalue weighted by Gasteiger charge is 2.21. The molecular weight excluding hydrogens is 256 g/mol. The van der Waals surface area contributed by atoms with E-state index in [1.165, 1.54) is 7.11 Å². The number of carbonyl (C=O) groups excluding carboxylic acids is 2. The Bertz CT molecular complexity index is 514. The topological polar surface area (TPSA) is 109 Å². The van der Waals surface area contributed by atoms with Crippen molar-refractivity contribution in [2.75, 3.05) is 13.7 Å². The molecule has 0 saturated heterocycles. The van der Waals surface area contributed by atoms with Crippen LogP contribution in [0.15, 0.2) is 12.3 Å². The molecule has 1 rings (SSSR count). The van der Waals surface area contributed by atoms with Crippen molar-refractivity contribution in [1.29, 1.82) is 0 Å². The standard InChI is InChI=1S/C11H12N2O6/c1-3-19-10(15)5-9(14)8-4-7(13(16)17)6-12-11(8)18-2/h4,6H,3,5H2,1-2H3. The smallest absolute Gasteiger partial charge is 0.313 e. The fraction of sp³-hybridized carbons (Fsp3) is 0.364. The maximum Gasteiger partial charge on any atom is 0.313 e. The van der Waals surface area contributed by atoms with Gasteiger partial charge in [0.05, 0.1) is 24.2 Å². The molecule has 0 radical (unpaired) electrons. The van der Waals surface area contributed by atoms with Gasteiger partial charge in [0.15, 0.2) is 5.78 Å². The Morgan fingerprint density at radius 3 is 2.68 bits per heavy atom. The van der Waals surface area contributed by atoms with Crippen LogP contribution in [0.5, 0.6) is 5.88 Å². The first-order valence-corrected chi connectivity index (χ1v) is 5.36. The van der Waals surface area contributed by atoms with Crippen LogP contribution in [0.1, 0.15) is 23.7 Å². The zero-order valence-corrected chi connectivity index (χ0v) is 10.4. The third-order valence-corrected chi connectivity index (χ3v) is 2.15. The van der Waals surface area contributed by atoms with Gasteiger partial charge in [0, 0.05) is 6.07 Å². The molecule has 1 aromatic heterocycles. The van der Waals surface area contributed by atoms with Gasteiger partial charge in [0.1, 0.15) is 12.6 Å². The molecule has 0 aliphatic heterocycles. The number of ketones is 1. The van der Waals surface area contributed by atoms with Crippen molar-refractivity contribution in [2.24, 2.45) is 0 Å². The van der Waals surface area contributed by atoms with Gasteiger partial charge >= 0.3 is 5.97 Å². The zero-order chi connectivity index (χ0) is 14.4. The van der Waals surface area contributed by atoms with Crippen LogP contribution in [0, 0.1) is 10.1 Å². The molecule has 0 fully saturated rings. The minimum Gasteiger partial charge on any atom is -0.480 e. The van der Waals surface area contributed by atoms with Gasteiger partial charge in [0.2, 0.25) is 5.88 Å². The number of aromatic nitrogens is 1. The first-order chi connectivity index (χ1) is 8.99. The van der Waals surface area contributed by atoms with E-state index in [0.717, 1.165) is 12.3 Å². The molecule has 8 nitrogen and oxygen atoms in total. The van der Waals surface area contributed by atoms with Crippen LogP contribution in [0.4, 0.5) is 5.69 Å². The lowest BCUT2D eigenvalue weighted by molar-refractivity contribution is -0.385. The molecule has 8 heteroatoms.